The molecule has 4 heteroatoms. The topological polar surface area (TPSA) is 52.5 Å². The van der Waals surface area contributed by atoms with Gasteiger partial charge < -0.3 is 15.5 Å². The molecule has 0 aliphatic rings. The zero-order valence-corrected chi connectivity index (χ0v) is 16.2. The predicted molar refractivity (Wildman–Crippen MR) is 113 cm³/mol. The lowest BCUT2D eigenvalue weighted by Gasteiger charge is -2.17. The van der Waals surface area contributed by atoms with Crippen LogP contribution in [0.2, 0.25) is 0 Å². The summed E-state index contributed by atoms with van der Waals surface area (Å²) in [5, 5.41) is 23.0. The average Bonchev–Trinajstić information content (AvgIpc) is 2.68. The SMILES string of the molecule is CC(Cc1ccc(-c2ccc(O)cc2)cc1)NCC(O)c1ccccc1.Cl. The summed E-state index contributed by atoms with van der Waals surface area (Å²) in [7, 11) is 0. The van der Waals surface area contributed by atoms with E-state index in [4.69, 9.17) is 0 Å². The molecule has 0 saturated heterocycles. The Bertz CT molecular complexity index is 804. The van der Waals surface area contributed by atoms with Crippen molar-refractivity contribution in [1.82, 2.24) is 5.32 Å². The number of aromatic hydroxyl groups is 1. The second-order valence-electron chi connectivity index (χ2n) is 6.68. The van der Waals surface area contributed by atoms with Gasteiger partial charge in [-0.05, 0) is 47.7 Å². The van der Waals surface area contributed by atoms with Crippen molar-refractivity contribution in [2.24, 2.45) is 0 Å². The second kappa shape index (κ2) is 10.1. The third-order valence-electron chi connectivity index (χ3n) is 4.54. The monoisotopic (exact) mass is 383 g/mol. The van der Waals surface area contributed by atoms with E-state index in [-0.39, 0.29) is 24.2 Å². The molecule has 0 aliphatic carbocycles. The van der Waals surface area contributed by atoms with Crippen molar-refractivity contribution in [2.75, 3.05) is 6.54 Å². The van der Waals surface area contributed by atoms with Gasteiger partial charge in [-0.15, -0.1) is 12.4 Å². The van der Waals surface area contributed by atoms with Gasteiger partial charge in [-0.25, -0.2) is 0 Å². The number of phenols is 1. The van der Waals surface area contributed by atoms with Crippen LogP contribution >= 0.6 is 12.4 Å². The molecule has 0 fully saturated rings. The first-order valence-corrected chi connectivity index (χ1v) is 8.96. The fourth-order valence-electron chi connectivity index (χ4n) is 3.02. The highest BCUT2D eigenvalue weighted by Crippen LogP contribution is 2.22. The lowest BCUT2D eigenvalue weighted by molar-refractivity contribution is 0.170. The van der Waals surface area contributed by atoms with Gasteiger partial charge in [0, 0.05) is 12.6 Å². The average molecular weight is 384 g/mol. The van der Waals surface area contributed by atoms with E-state index in [0.717, 1.165) is 23.1 Å². The van der Waals surface area contributed by atoms with E-state index in [2.05, 4.69) is 36.5 Å². The number of aliphatic hydroxyl groups is 1. The van der Waals surface area contributed by atoms with Crippen LogP contribution in [0.1, 0.15) is 24.2 Å². The fourth-order valence-corrected chi connectivity index (χ4v) is 3.02. The molecule has 0 aromatic heterocycles. The molecule has 27 heavy (non-hydrogen) atoms. The number of benzene rings is 3. The highest BCUT2D eigenvalue weighted by atomic mass is 35.5. The Balaban J connectivity index is 0.00000261. The van der Waals surface area contributed by atoms with Crippen LogP contribution in [-0.4, -0.2) is 22.8 Å². The van der Waals surface area contributed by atoms with E-state index >= 15 is 0 Å². The summed E-state index contributed by atoms with van der Waals surface area (Å²) in [6.07, 6.45) is 0.410. The van der Waals surface area contributed by atoms with Crippen molar-refractivity contribution < 1.29 is 10.2 Å². The molecule has 2 unspecified atom stereocenters. The van der Waals surface area contributed by atoms with Crippen molar-refractivity contribution in [2.45, 2.75) is 25.5 Å². The summed E-state index contributed by atoms with van der Waals surface area (Å²) in [6.45, 7) is 2.67. The van der Waals surface area contributed by atoms with Crippen LogP contribution in [0.15, 0.2) is 78.9 Å². The normalized spacial score (nSPS) is 12.8. The molecule has 2 atom stereocenters. The molecule has 3 N–H and O–H groups in total. The van der Waals surface area contributed by atoms with Gasteiger partial charge in [0.25, 0.3) is 0 Å². The van der Waals surface area contributed by atoms with Crippen molar-refractivity contribution >= 4 is 12.4 Å². The fraction of sp³-hybridized carbons (Fsp3) is 0.217. The molecule has 0 spiro atoms. The molecule has 0 radical (unpaired) electrons. The lowest BCUT2D eigenvalue weighted by atomic mass is 10.0. The summed E-state index contributed by atoms with van der Waals surface area (Å²) in [6, 6.07) is 25.7. The number of hydrogen-bond donors (Lipinski definition) is 3. The Morgan fingerprint density at radius 2 is 1.37 bits per heavy atom. The molecule has 3 aromatic rings. The van der Waals surface area contributed by atoms with Gasteiger partial charge in [0.15, 0.2) is 0 Å². The Kier molecular flexibility index (Phi) is 7.86. The molecule has 3 aromatic carbocycles. The van der Waals surface area contributed by atoms with E-state index in [1.165, 1.54) is 5.56 Å². The maximum absolute atomic E-state index is 10.2. The van der Waals surface area contributed by atoms with Crippen molar-refractivity contribution in [3.8, 4) is 16.9 Å². The smallest absolute Gasteiger partial charge is 0.115 e. The quantitative estimate of drug-likeness (QED) is 0.552. The minimum absolute atomic E-state index is 0. The predicted octanol–water partition coefficient (Wildman–Crippen LogP) is 4.74. The lowest BCUT2D eigenvalue weighted by Crippen LogP contribution is -2.32. The van der Waals surface area contributed by atoms with Crippen molar-refractivity contribution in [1.29, 1.82) is 0 Å². The van der Waals surface area contributed by atoms with E-state index in [0.29, 0.717) is 6.54 Å². The van der Waals surface area contributed by atoms with Gasteiger partial charge in [0.2, 0.25) is 0 Å². The van der Waals surface area contributed by atoms with Gasteiger partial charge in [-0.2, -0.15) is 0 Å². The maximum atomic E-state index is 10.2. The summed E-state index contributed by atoms with van der Waals surface area (Å²) in [4.78, 5) is 0. The first-order chi connectivity index (χ1) is 12.6. The third kappa shape index (κ3) is 6.10. The van der Waals surface area contributed by atoms with Crippen LogP contribution in [0.5, 0.6) is 5.75 Å². The number of rotatable bonds is 7. The molecule has 0 saturated carbocycles. The molecule has 0 aliphatic heterocycles. The molecule has 0 amide bonds. The van der Waals surface area contributed by atoms with Gasteiger partial charge >= 0.3 is 0 Å². The van der Waals surface area contributed by atoms with Gasteiger partial charge in [0.05, 0.1) is 6.10 Å². The van der Waals surface area contributed by atoms with E-state index in [9.17, 15) is 10.2 Å². The van der Waals surface area contributed by atoms with E-state index in [1.807, 2.05) is 42.5 Å². The molecule has 0 heterocycles. The Morgan fingerprint density at radius 1 is 0.815 bits per heavy atom. The second-order valence-corrected chi connectivity index (χ2v) is 6.68. The number of halogens is 1. The van der Waals surface area contributed by atoms with Gasteiger partial charge in [0.1, 0.15) is 5.75 Å². The zero-order chi connectivity index (χ0) is 18.4. The highest BCUT2D eigenvalue weighted by molar-refractivity contribution is 5.85. The molecule has 0 bridgehead atoms. The zero-order valence-electron chi connectivity index (χ0n) is 15.4. The summed E-state index contributed by atoms with van der Waals surface area (Å²) in [5.74, 6) is 0.281. The number of aliphatic hydroxyl groups excluding tert-OH is 1. The summed E-state index contributed by atoms with van der Waals surface area (Å²) >= 11 is 0. The van der Waals surface area contributed by atoms with Crippen LogP contribution in [0, 0.1) is 0 Å². The van der Waals surface area contributed by atoms with E-state index in [1.54, 1.807) is 12.1 Å². The van der Waals surface area contributed by atoms with Crippen LogP contribution < -0.4 is 5.32 Å². The Morgan fingerprint density at radius 3 is 1.96 bits per heavy atom. The van der Waals surface area contributed by atoms with Gasteiger partial charge in [-0.3, -0.25) is 0 Å². The van der Waals surface area contributed by atoms with E-state index < -0.39 is 6.10 Å². The maximum Gasteiger partial charge on any atom is 0.115 e. The number of nitrogens with one attached hydrogen (secondary N) is 1. The first-order valence-electron chi connectivity index (χ1n) is 8.96. The summed E-state index contributed by atoms with van der Waals surface area (Å²) in [5.41, 5.74) is 4.41. The van der Waals surface area contributed by atoms with Gasteiger partial charge in [-0.1, -0.05) is 66.7 Å². The number of hydrogen-bond acceptors (Lipinski definition) is 3. The molecular weight excluding hydrogens is 358 g/mol. The van der Waals surface area contributed by atoms with Crippen LogP contribution in [0.3, 0.4) is 0 Å². The first kappa shape index (κ1) is 21.0. The Hall–Kier alpha value is -2.33. The minimum atomic E-state index is -0.490. The molecule has 3 rings (SSSR count). The third-order valence-corrected chi connectivity index (χ3v) is 4.54. The highest BCUT2D eigenvalue weighted by Gasteiger charge is 2.09. The van der Waals surface area contributed by atoms with Crippen LogP contribution in [0.25, 0.3) is 11.1 Å². The van der Waals surface area contributed by atoms with Crippen molar-refractivity contribution in [3.05, 3.63) is 90.0 Å². The molecule has 142 valence electrons. The minimum Gasteiger partial charge on any atom is -0.508 e. The van der Waals surface area contributed by atoms with Crippen LogP contribution in [0.4, 0.5) is 0 Å². The Labute approximate surface area is 167 Å². The molecule has 3 nitrogen and oxygen atoms in total. The number of phenolic OH excluding ortho intramolecular Hbond substituents is 1. The standard InChI is InChI=1S/C23H25NO2.ClH/c1-17(24-16-23(26)21-5-3-2-4-6-21)15-18-7-9-19(10-8-18)20-11-13-22(25)14-12-20;/h2-14,17,23-26H,15-16H2,1H3;1H. The van der Waals surface area contributed by atoms with Crippen LogP contribution in [-0.2, 0) is 6.42 Å². The van der Waals surface area contributed by atoms with Crippen molar-refractivity contribution in [3.63, 3.8) is 0 Å². The molecular formula is C23H26ClNO2. The summed E-state index contributed by atoms with van der Waals surface area (Å²) < 4.78 is 0. The largest absolute Gasteiger partial charge is 0.508 e.